The van der Waals surface area contributed by atoms with Crippen molar-refractivity contribution in [1.82, 2.24) is 15.1 Å². The van der Waals surface area contributed by atoms with Crippen LogP contribution in [0.4, 0.5) is 4.79 Å². The molecule has 1 unspecified atom stereocenters. The number of amides is 2. The maximum absolute atomic E-state index is 12.8. The number of likely N-dealkylation sites (tertiary alicyclic amines) is 1. The Hall–Kier alpha value is -0.770. The van der Waals surface area contributed by atoms with Gasteiger partial charge in [-0.1, -0.05) is 20.8 Å². The van der Waals surface area contributed by atoms with Crippen molar-refractivity contribution in [2.45, 2.75) is 52.5 Å². The molecule has 4 nitrogen and oxygen atoms in total. The Balaban J connectivity index is 1.91. The van der Waals surface area contributed by atoms with Crippen LogP contribution in [0.3, 0.4) is 0 Å². The summed E-state index contributed by atoms with van der Waals surface area (Å²) < 4.78 is 0. The molecule has 0 aromatic heterocycles. The van der Waals surface area contributed by atoms with Crippen LogP contribution >= 0.6 is 0 Å². The molecule has 2 rings (SSSR count). The zero-order valence-corrected chi connectivity index (χ0v) is 13.4. The molecule has 4 heteroatoms. The Labute approximate surface area is 123 Å². The van der Waals surface area contributed by atoms with Crippen molar-refractivity contribution in [3.05, 3.63) is 0 Å². The molecule has 0 aromatic carbocycles. The number of piperidine rings is 1. The maximum Gasteiger partial charge on any atom is 0.320 e. The van der Waals surface area contributed by atoms with Crippen LogP contribution in [-0.2, 0) is 0 Å². The van der Waals surface area contributed by atoms with Crippen LogP contribution in [0, 0.1) is 11.8 Å². The van der Waals surface area contributed by atoms with Crippen molar-refractivity contribution in [3.63, 3.8) is 0 Å². The fraction of sp³-hybridized carbons (Fsp3) is 0.938. The standard InChI is InChI=1S/C16H31N3O/c1-13(2)11-19(12-15-5-4-8-17-15)16(20)18-9-6-14(3)7-10-18/h13-15,17H,4-12H2,1-3H3. The maximum atomic E-state index is 12.8. The second-order valence-corrected chi connectivity index (χ2v) is 7.04. The molecular formula is C16H31N3O. The third kappa shape index (κ3) is 4.37. The largest absolute Gasteiger partial charge is 0.325 e. The average molecular weight is 281 g/mol. The Bertz CT molecular complexity index is 305. The minimum absolute atomic E-state index is 0.263. The summed E-state index contributed by atoms with van der Waals surface area (Å²) in [4.78, 5) is 16.9. The van der Waals surface area contributed by atoms with Gasteiger partial charge < -0.3 is 15.1 Å². The summed E-state index contributed by atoms with van der Waals surface area (Å²) in [5, 5.41) is 3.51. The highest BCUT2D eigenvalue weighted by molar-refractivity contribution is 5.74. The van der Waals surface area contributed by atoms with E-state index in [0.29, 0.717) is 12.0 Å². The van der Waals surface area contributed by atoms with E-state index in [0.717, 1.165) is 51.5 Å². The van der Waals surface area contributed by atoms with E-state index in [2.05, 4.69) is 35.9 Å². The minimum atomic E-state index is 0.263. The molecule has 2 amide bonds. The first-order chi connectivity index (χ1) is 9.56. The zero-order chi connectivity index (χ0) is 14.5. The molecule has 2 fully saturated rings. The summed E-state index contributed by atoms with van der Waals surface area (Å²) in [6.45, 7) is 11.4. The van der Waals surface area contributed by atoms with Gasteiger partial charge in [0.15, 0.2) is 0 Å². The van der Waals surface area contributed by atoms with Crippen molar-refractivity contribution in [1.29, 1.82) is 0 Å². The number of carbonyl (C=O) groups is 1. The van der Waals surface area contributed by atoms with Gasteiger partial charge in [-0.3, -0.25) is 0 Å². The van der Waals surface area contributed by atoms with Gasteiger partial charge in [0.25, 0.3) is 0 Å². The fourth-order valence-corrected chi connectivity index (χ4v) is 3.25. The van der Waals surface area contributed by atoms with Crippen molar-refractivity contribution < 1.29 is 4.79 Å². The molecule has 0 aromatic rings. The predicted octanol–water partition coefficient (Wildman–Crippen LogP) is 2.55. The van der Waals surface area contributed by atoms with Crippen LogP contribution in [0.25, 0.3) is 0 Å². The Morgan fingerprint density at radius 3 is 2.55 bits per heavy atom. The summed E-state index contributed by atoms with van der Waals surface area (Å²) >= 11 is 0. The first kappa shape index (κ1) is 15.6. The lowest BCUT2D eigenvalue weighted by Gasteiger charge is -2.36. The number of hydrogen-bond donors (Lipinski definition) is 1. The fourth-order valence-electron chi connectivity index (χ4n) is 3.25. The van der Waals surface area contributed by atoms with E-state index in [1.165, 1.54) is 12.8 Å². The molecule has 1 N–H and O–H groups in total. The third-order valence-electron chi connectivity index (χ3n) is 4.51. The van der Waals surface area contributed by atoms with E-state index >= 15 is 0 Å². The number of nitrogens with one attached hydrogen (secondary N) is 1. The van der Waals surface area contributed by atoms with E-state index < -0.39 is 0 Å². The van der Waals surface area contributed by atoms with Crippen molar-refractivity contribution >= 4 is 6.03 Å². The number of carbonyl (C=O) groups excluding carboxylic acids is 1. The van der Waals surface area contributed by atoms with E-state index in [1.54, 1.807) is 0 Å². The van der Waals surface area contributed by atoms with Gasteiger partial charge in [-0.15, -0.1) is 0 Å². The monoisotopic (exact) mass is 281 g/mol. The predicted molar refractivity (Wildman–Crippen MR) is 82.8 cm³/mol. The molecule has 2 aliphatic rings. The second-order valence-electron chi connectivity index (χ2n) is 7.04. The number of rotatable bonds is 4. The van der Waals surface area contributed by atoms with E-state index in [1.807, 2.05) is 0 Å². The molecule has 116 valence electrons. The lowest BCUT2D eigenvalue weighted by molar-refractivity contribution is 0.126. The summed E-state index contributed by atoms with van der Waals surface area (Å²) in [5.41, 5.74) is 0. The highest BCUT2D eigenvalue weighted by Crippen LogP contribution is 2.18. The Morgan fingerprint density at radius 1 is 1.30 bits per heavy atom. The molecule has 1 atom stereocenters. The van der Waals surface area contributed by atoms with Gasteiger partial charge in [0.2, 0.25) is 0 Å². The summed E-state index contributed by atoms with van der Waals surface area (Å²) in [6.07, 6.45) is 4.76. The van der Waals surface area contributed by atoms with Gasteiger partial charge in [-0.25, -0.2) is 4.79 Å². The van der Waals surface area contributed by atoms with Gasteiger partial charge in [0.05, 0.1) is 0 Å². The van der Waals surface area contributed by atoms with Gasteiger partial charge in [-0.2, -0.15) is 0 Å². The van der Waals surface area contributed by atoms with Crippen LogP contribution in [0.15, 0.2) is 0 Å². The minimum Gasteiger partial charge on any atom is -0.325 e. The number of hydrogen-bond acceptors (Lipinski definition) is 2. The SMILES string of the molecule is CC(C)CN(CC1CCCN1)C(=O)N1CCC(C)CC1. The lowest BCUT2D eigenvalue weighted by atomic mass is 9.99. The molecule has 0 aliphatic carbocycles. The Morgan fingerprint density at radius 2 is 2.00 bits per heavy atom. The molecule has 0 radical (unpaired) electrons. The van der Waals surface area contributed by atoms with Crippen LogP contribution in [-0.4, -0.2) is 54.6 Å². The van der Waals surface area contributed by atoms with Crippen molar-refractivity contribution in [2.24, 2.45) is 11.8 Å². The normalized spacial score (nSPS) is 24.4. The van der Waals surface area contributed by atoms with Crippen LogP contribution in [0.2, 0.25) is 0 Å². The van der Waals surface area contributed by atoms with Crippen molar-refractivity contribution in [2.75, 3.05) is 32.7 Å². The molecule has 0 bridgehead atoms. The van der Waals surface area contributed by atoms with Crippen LogP contribution < -0.4 is 5.32 Å². The summed E-state index contributed by atoms with van der Waals surface area (Å²) in [7, 11) is 0. The summed E-state index contributed by atoms with van der Waals surface area (Å²) in [6, 6.07) is 0.765. The summed E-state index contributed by atoms with van der Waals surface area (Å²) in [5.74, 6) is 1.30. The van der Waals surface area contributed by atoms with Gasteiger partial charge >= 0.3 is 6.03 Å². The molecule has 0 saturated carbocycles. The topological polar surface area (TPSA) is 35.6 Å². The number of urea groups is 1. The molecular weight excluding hydrogens is 250 g/mol. The van der Waals surface area contributed by atoms with Crippen LogP contribution in [0.5, 0.6) is 0 Å². The third-order valence-corrected chi connectivity index (χ3v) is 4.51. The molecule has 2 aliphatic heterocycles. The first-order valence-electron chi connectivity index (χ1n) is 8.33. The quantitative estimate of drug-likeness (QED) is 0.859. The Kier molecular flexibility index (Phi) is 5.70. The highest BCUT2D eigenvalue weighted by atomic mass is 16.2. The smallest absolute Gasteiger partial charge is 0.320 e. The lowest BCUT2D eigenvalue weighted by Crippen LogP contribution is -2.50. The second kappa shape index (κ2) is 7.30. The molecule has 0 spiro atoms. The van der Waals surface area contributed by atoms with Gasteiger partial charge in [0.1, 0.15) is 0 Å². The van der Waals surface area contributed by atoms with E-state index in [4.69, 9.17) is 0 Å². The average Bonchev–Trinajstić information content (AvgIpc) is 2.90. The van der Waals surface area contributed by atoms with Gasteiger partial charge in [-0.05, 0) is 44.1 Å². The highest BCUT2D eigenvalue weighted by Gasteiger charge is 2.27. The molecule has 20 heavy (non-hydrogen) atoms. The van der Waals surface area contributed by atoms with Gasteiger partial charge in [0, 0.05) is 32.2 Å². The van der Waals surface area contributed by atoms with Crippen LogP contribution in [0.1, 0.15) is 46.5 Å². The molecule has 2 saturated heterocycles. The number of nitrogens with zero attached hydrogens (tertiary/aromatic N) is 2. The molecule has 2 heterocycles. The van der Waals surface area contributed by atoms with E-state index in [-0.39, 0.29) is 6.03 Å². The zero-order valence-electron chi connectivity index (χ0n) is 13.4. The van der Waals surface area contributed by atoms with E-state index in [9.17, 15) is 4.79 Å². The van der Waals surface area contributed by atoms with Crippen molar-refractivity contribution in [3.8, 4) is 0 Å². The first-order valence-corrected chi connectivity index (χ1v) is 8.33.